The Kier molecular flexibility index (Phi) is 5.19. The predicted octanol–water partition coefficient (Wildman–Crippen LogP) is 2.23. The normalized spacial score (nSPS) is 20.2. The Bertz CT molecular complexity index is 1040. The van der Waals surface area contributed by atoms with Gasteiger partial charge in [-0.05, 0) is 43.7 Å². The zero-order valence-electron chi connectivity index (χ0n) is 16.7. The molecule has 1 amide bonds. The van der Waals surface area contributed by atoms with E-state index in [0.717, 1.165) is 61.6 Å². The number of morpholine rings is 1. The Labute approximate surface area is 173 Å². The van der Waals surface area contributed by atoms with Crippen LogP contribution < -0.4 is 5.32 Å². The topological polar surface area (TPSA) is 84.7 Å². The van der Waals surface area contributed by atoms with Gasteiger partial charge in [-0.3, -0.25) is 9.69 Å². The molecule has 1 fully saturated rings. The van der Waals surface area contributed by atoms with Crippen molar-refractivity contribution in [1.29, 1.82) is 0 Å². The van der Waals surface area contributed by atoms with Crippen molar-refractivity contribution >= 4 is 33.1 Å². The molecule has 5 rings (SSSR count). The van der Waals surface area contributed by atoms with E-state index in [-0.39, 0.29) is 11.7 Å². The molecule has 1 aliphatic carbocycles. The lowest BCUT2D eigenvalue weighted by atomic mass is 9.87. The Morgan fingerprint density at radius 2 is 2.24 bits per heavy atom. The van der Waals surface area contributed by atoms with Crippen LogP contribution in [-0.4, -0.2) is 69.8 Å². The summed E-state index contributed by atoms with van der Waals surface area (Å²) in [4.78, 5) is 26.6. The van der Waals surface area contributed by atoms with E-state index >= 15 is 0 Å². The molecule has 0 bridgehead atoms. The first kappa shape index (κ1) is 18.9. The number of carbonyl (C=O) groups is 1. The molecule has 0 saturated carbocycles. The van der Waals surface area contributed by atoms with E-state index in [1.807, 2.05) is 0 Å². The van der Waals surface area contributed by atoms with E-state index in [2.05, 4.69) is 32.2 Å². The van der Waals surface area contributed by atoms with Gasteiger partial charge >= 0.3 is 0 Å². The number of fused-ring (bicyclic) bond motifs is 5. The lowest BCUT2D eigenvalue weighted by Crippen LogP contribution is -2.38. The third-order valence-corrected chi connectivity index (χ3v) is 7.09. The number of hydrogen-bond donors (Lipinski definition) is 1. The van der Waals surface area contributed by atoms with Crippen LogP contribution in [0.1, 0.15) is 53.2 Å². The fraction of sp³-hybridized carbons (Fsp3) is 0.600. The zero-order valence-corrected chi connectivity index (χ0v) is 17.5. The number of aryl methyl sites for hydroxylation is 1. The number of amides is 1. The summed E-state index contributed by atoms with van der Waals surface area (Å²) in [6.07, 6.45) is 6.09. The standard InChI is InChI=1S/C20H26N6O2S/c1-13-4-2-5-14-15(13)16-18-23-17(24-26(18)12-22-20(16)29-14)19(27)21-6-3-7-25-8-10-28-11-9-25/h12-13H,2-11H2,1H3,(H,21,27)/t13-/m0/s1. The molecule has 4 heterocycles. The summed E-state index contributed by atoms with van der Waals surface area (Å²) in [5, 5.41) is 8.44. The molecule has 1 atom stereocenters. The van der Waals surface area contributed by atoms with Crippen LogP contribution in [0.2, 0.25) is 0 Å². The first-order valence-electron chi connectivity index (χ1n) is 10.5. The Hall–Kier alpha value is -2.10. The summed E-state index contributed by atoms with van der Waals surface area (Å²) in [6, 6.07) is 0. The average molecular weight is 415 g/mol. The monoisotopic (exact) mass is 414 g/mol. The van der Waals surface area contributed by atoms with Gasteiger partial charge in [-0.25, -0.2) is 14.5 Å². The fourth-order valence-corrected chi connectivity index (χ4v) is 5.69. The molecule has 0 radical (unpaired) electrons. The SMILES string of the molecule is C[C@H]1CCCc2sc3ncn4nc(C(=O)NCCCN5CCOCC5)nc4c3c21. The minimum atomic E-state index is -0.221. The summed E-state index contributed by atoms with van der Waals surface area (Å²) in [6.45, 7) is 7.38. The van der Waals surface area contributed by atoms with Crippen LogP contribution in [0, 0.1) is 0 Å². The van der Waals surface area contributed by atoms with Gasteiger partial charge in [-0.2, -0.15) is 0 Å². The highest BCUT2D eigenvalue weighted by Gasteiger charge is 2.26. The second-order valence-electron chi connectivity index (χ2n) is 7.92. The van der Waals surface area contributed by atoms with E-state index in [1.54, 1.807) is 22.2 Å². The van der Waals surface area contributed by atoms with Crippen LogP contribution in [-0.2, 0) is 11.2 Å². The van der Waals surface area contributed by atoms with Gasteiger partial charge in [-0.1, -0.05) is 6.92 Å². The number of nitrogens with zero attached hydrogens (tertiary/aromatic N) is 5. The van der Waals surface area contributed by atoms with Gasteiger partial charge in [0.1, 0.15) is 11.2 Å². The van der Waals surface area contributed by atoms with Gasteiger partial charge in [0.2, 0.25) is 5.82 Å². The van der Waals surface area contributed by atoms with E-state index < -0.39 is 0 Å². The van der Waals surface area contributed by atoms with Crippen LogP contribution in [0.3, 0.4) is 0 Å². The van der Waals surface area contributed by atoms with E-state index in [9.17, 15) is 4.79 Å². The minimum absolute atomic E-state index is 0.217. The Balaban J connectivity index is 1.32. The van der Waals surface area contributed by atoms with Crippen molar-refractivity contribution in [3.63, 3.8) is 0 Å². The molecule has 154 valence electrons. The fourth-order valence-electron chi connectivity index (χ4n) is 4.39. The third-order valence-electron chi connectivity index (χ3n) is 5.92. The average Bonchev–Trinajstić information content (AvgIpc) is 3.33. The maximum Gasteiger partial charge on any atom is 0.290 e. The van der Waals surface area contributed by atoms with Crippen molar-refractivity contribution in [2.45, 2.75) is 38.5 Å². The Morgan fingerprint density at radius 1 is 1.38 bits per heavy atom. The summed E-state index contributed by atoms with van der Waals surface area (Å²) in [7, 11) is 0. The number of rotatable bonds is 5. The lowest BCUT2D eigenvalue weighted by Gasteiger charge is -2.26. The highest BCUT2D eigenvalue weighted by molar-refractivity contribution is 7.19. The van der Waals surface area contributed by atoms with Crippen molar-refractivity contribution in [3.8, 4) is 0 Å². The maximum absolute atomic E-state index is 12.6. The number of nitrogens with one attached hydrogen (secondary N) is 1. The smallest absolute Gasteiger partial charge is 0.290 e. The van der Waals surface area contributed by atoms with Gasteiger partial charge in [0.15, 0.2) is 5.65 Å². The van der Waals surface area contributed by atoms with Crippen LogP contribution in [0.4, 0.5) is 0 Å². The summed E-state index contributed by atoms with van der Waals surface area (Å²) < 4.78 is 7.01. The maximum atomic E-state index is 12.6. The van der Waals surface area contributed by atoms with Crippen LogP contribution in [0.15, 0.2) is 6.33 Å². The van der Waals surface area contributed by atoms with Crippen molar-refractivity contribution in [2.75, 3.05) is 39.4 Å². The molecule has 1 aliphatic heterocycles. The molecular formula is C20H26N6O2S. The summed E-state index contributed by atoms with van der Waals surface area (Å²) in [5.41, 5.74) is 2.11. The first-order valence-corrected chi connectivity index (χ1v) is 11.3. The highest BCUT2D eigenvalue weighted by atomic mass is 32.1. The molecule has 2 aliphatic rings. The van der Waals surface area contributed by atoms with Crippen molar-refractivity contribution in [2.24, 2.45) is 0 Å². The zero-order chi connectivity index (χ0) is 19.8. The molecular weight excluding hydrogens is 388 g/mol. The second kappa shape index (κ2) is 7.97. The lowest BCUT2D eigenvalue weighted by molar-refractivity contribution is 0.0374. The van der Waals surface area contributed by atoms with Gasteiger partial charge < -0.3 is 10.1 Å². The molecule has 9 heteroatoms. The molecule has 1 N–H and O–H groups in total. The predicted molar refractivity (Wildman–Crippen MR) is 112 cm³/mol. The molecule has 8 nitrogen and oxygen atoms in total. The van der Waals surface area contributed by atoms with Crippen LogP contribution >= 0.6 is 11.3 Å². The largest absolute Gasteiger partial charge is 0.379 e. The van der Waals surface area contributed by atoms with Crippen molar-refractivity contribution in [3.05, 3.63) is 22.6 Å². The third kappa shape index (κ3) is 3.62. The van der Waals surface area contributed by atoms with Gasteiger partial charge in [0.25, 0.3) is 5.91 Å². The van der Waals surface area contributed by atoms with Crippen molar-refractivity contribution in [1.82, 2.24) is 29.8 Å². The van der Waals surface area contributed by atoms with Gasteiger partial charge in [-0.15, -0.1) is 16.4 Å². The van der Waals surface area contributed by atoms with E-state index in [1.165, 1.54) is 23.3 Å². The molecule has 0 unspecified atom stereocenters. The quantitative estimate of drug-likeness (QED) is 0.645. The van der Waals surface area contributed by atoms with Crippen LogP contribution in [0.5, 0.6) is 0 Å². The van der Waals surface area contributed by atoms with E-state index in [4.69, 9.17) is 4.74 Å². The summed E-state index contributed by atoms with van der Waals surface area (Å²) in [5.74, 6) is 0.490. The number of thiophene rings is 1. The molecule has 1 saturated heterocycles. The number of hydrogen-bond acceptors (Lipinski definition) is 7. The number of carbonyl (C=O) groups excluding carboxylic acids is 1. The molecule has 3 aromatic rings. The Morgan fingerprint density at radius 3 is 3.10 bits per heavy atom. The highest BCUT2D eigenvalue weighted by Crippen LogP contribution is 2.42. The van der Waals surface area contributed by atoms with Crippen molar-refractivity contribution < 1.29 is 9.53 Å². The van der Waals surface area contributed by atoms with Crippen LogP contribution in [0.25, 0.3) is 15.9 Å². The second-order valence-corrected chi connectivity index (χ2v) is 9.01. The van der Waals surface area contributed by atoms with Gasteiger partial charge in [0.05, 0.1) is 18.6 Å². The molecule has 0 spiro atoms. The summed E-state index contributed by atoms with van der Waals surface area (Å²) >= 11 is 1.76. The molecule has 0 aromatic carbocycles. The number of aromatic nitrogens is 4. The van der Waals surface area contributed by atoms with Gasteiger partial charge in [0, 0.05) is 24.5 Å². The minimum Gasteiger partial charge on any atom is -0.379 e. The number of ether oxygens (including phenoxy) is 1. The molecule has 3 aromatic heterocycles. The first-order chi connectivity index (χ1) is 14.2. The van der Waals surface area contributed by atoms with E-state index in [0.29, 0.717) is 12.5 Å². The molecule has 29 heavy (non-hydrogen) atoms.